The van der Waals surface area contributed by atoms with Crippen LogP contribution >= 0.6 is 0 Å². The van der Waals surface area contributed by atoms with Gasteiger partial charge in [-0.1, -0.05) is 55.4 Å². The minimum absolute atomic E-state index is 0.851. The average Bonchev–Trinajstić information content (AvgIpc) is 2.39. The Morgan fingerprint density at radius 3 is 2.29 bits per heavy atom. The largest absolute Gasteiger partial charge is 0.248 e. The van der Waals surface area contributed by atoms with Crippen molar-refractivity contribution in [1.82, 2.24) is 4.98 Å². The Morgan fingerprint density at radius 2 is 1.65 bits per heavy atom. The fraction of sp³-hybridized carbons (Fsp3) is 0.133. The van der Waals surface area contributed by atoms with Crippen LogP contribution in [0.5, 0.6) is 0 Å². The van der Waals surface area contributed by atoms with Gasteiger partial charge in [-0.3, -0.25) is 0 Å². The average molecular weight is 237 g/mol. The Bertz CT molecular complexity index is 535. The van der Waals surface area contributed by atoms with E-state index in [1.807, 2.05) is 24.3 Å². The summed E-state index contributed by atoms with van der Waals surface area (Å²) < 4.78 is 0. The molecule has 2 rings (SSSR count). The van der Waals surface area contributed by atoms with Gasteiger partial charge in [0.1, 0.15) is 5.69 Å². The molecule has 0 radical (unpaired) electrons. The van der Waals surface area contributed by atoms with E-state index in [0.29, 0.717) is 0 Å². The first kappa shape index (κ1) is 11.6. The van der Waals surface area contributed by atoms with E-state index in [4.69, 9.17) is 0 Å². The highest BCUT2D eigenvalue weighted by molar-refractivity contribution is 6.96. The van der Waals surface area contributed by atoms with Crippen molar-refractivity contribution in [3.8, 4) is 11.5 Å². The molecular weight excluding hydrogens is 222 g/mol. The lowest BCUT2D eigenvalue weighted by molar-refractivity contribution is 1.29. The fourth-order valence-electron chi connectivity index (χ4n) is 1.58. The van der Waals surface area contributed by atoms with Gasteiger partial charge in [0.2, 0.25) is 0 Å². The second-order valence-electron chi connectivity index (χ2n) is 4.46. The topological polar surface area (TPSA) is 12.9 Å². The van der Waals surface area contributed by atoms with E-state index in [-0.39, 0.29) is 0 Å². The molecule has 0 saturated heterocycles. The van der Waals surface area contributed by atoms with Crippen molar-refractivity contribution in [2.75, 3.05) is 0 Å². The van der Waals surface area contributed by atoms with Crippen LogP contribution in [0.1, 0.15) is 5.69 Å². The van der Waals surface area contributed by atoms with E-state index in [0.717, 1.165) is 5.69 Å². The van der Waals surface area contributed by atoms with Crippen LogP contribution in [0.3, 0.4) is 0 Å². The summed E-state index contributed by atoms with van der Waals surface area (Å²) >= 11 is 0. The van der Waals surface area contributed by atoms with Crippen molar-refractivity contribution in [3.05, 3.63) is 60.4 Å². The van der Waals surface area contributed by atoms with E-state index in [2.05, 4.69) is 53.8 Å². The van der Waals surface area contributed by atoms with Gasteiger partial charge in [0, 0.05) is 6.20 Å². The number of nitrogens with zero attached hydrogens (tertiary/aromatic N) is 1. The minimum Gasteiger partial charge on any atom is -0.248 e. The maximum Gasteiger partial charge on any atom is 0.163 e. The van der Waals surface area contributed by atoms with Gasteiger partial charge in [0.15, 0.2) is 8.07 Å². The predicted molar refractivity (Wildman–Crippen MR) is 74.7 cm³/mol. The highest BCUT2D eigenvalue weighted by Crippen LogP contribution is 2.02. The third kappa shape index (κ3) is 3.05. The van der Waals surface area contributed by atoms with Gasteiger partial charge in [-0.05, 0) is 17.3 Å². The highest BCUT2D eigenvalue weighted by Gasteiger charge is 2.20. The molecule has 0 bridgehead atoms. The van der Waals surface area contributed by atoms with Gasteiger partial charge in [-0.25, -0.2) is 4.98 Å². The van der Waals surface area contributed by atoms with Gasteiger partial charge in [0.05, 0.1) is 0 Å². The summed E-state index contributed by atoms with van der Waals surface area (Å²) in [5, 5.41) is 1.36. The summed E-state index contributed by atoms with van der Waals surface area (Å²) in [7, 11) is -1.66. The third-order valence-electron chi connectivity index (χ3n) is 2.66. The zero-order chi connectivity index (χ0) is 12.1. The van der Waals surface area contributed by atoms with E-state index in [9.17, 15) is 0 Å². The van der Waals surface area contributed by atoms with Crippen molar-refractivity contribution in [3.63, 3.8) is 0 Å². The van der Waals surface area contributed by atoms with Gasteiger partial charge >= 0.3 is 0 Å². The summed E-state index contributed by atoms with van der Waals surface area (Å²) in [6.07, 6.45) is 1.78. The maximum absolute atomic E-state index is 4.22. The lowest BCUT2D eigenvalue weighted by Crippen LogP contribution is -2.39. The Kier molecular flexibility index (Phi) is 3.41. The molecule has 0 N–H and O–H groups in total. The van der Waals surface area contributed by atoms with Crippen molar-refractivity contribution in [1.29, 1.82) is 0 Å². The minimum atomic E-state index is -1.66. The number of benzene rings is 1. The Morgan fingerprint density at radius 1 is 0.941 bits per heavy atom. The Hall–Kier alpha value is -1.85. The molecule has 2 aromatic rings. The van der Waals surface area contributed by atoms with Crippen molar-refractivity contribution < 1.29 is 0 Å². The van der Waals surface area contributed by atoms with Gasteiger partial charge in [-0.2, -0.15) is 0 Å². The smallest absolute Gasteiger partial charge is 0.163 e. The third-order valence-corrected chi connectivity index (χ3v) is 5.19. The molecule has 0 aliphatic rings. The summed E-state index contributed by atoms with van der Waals surface area (Å²) in [6.45, 7) is 4.52. The van der Waals surface area contributed by atoms with Gasteiger partial charge in [-0.15, -0.1) is 5.54 Å². The summed E-state index contributed by atoms with van der Waals surface area (Å²) in [6, 6.07) is 16.3. The van der Waals surface area contributed by atoms with Crippen LogP contribution in [0.25, 0.3) is 0 Å². The van der Waals surface area contributed by atoms with E-state index in [1.54, 1.807) is 6.20 Å². The molecular formula is C15H15NSi. The molecule has 1 aromatic heterocycles. The molecule has 0 atom stereocenters. The lowest BCUT2D eigenvalue weighted by atomic mass is 10.4. The second kappa shape index (κ2) is 4.99. The van der Waals surface area contributed by atoms with Crippen LogP contribution in [-0.2, 0) is 0 Å². The quantitative estimate of drug-likeness (QED) is 0.549. The number of aromatic nitrogens is 1. The summed E-state index contributed by atoms with van der Waals surface area (Å²) in [4.78, 5) is 4.22. The molecule has 1 aromatic carbocycles. The van der Waals surface area contributed by atoms with E-state index >= 15 is 0 Å². The highest BCUT2D eigenvalue weighted by atomic mass is 28.3. The molecule has 17 heavy (non-hydrogen) atoms. The first-order valence-electron chi connectivity index (χ1n) is 5.68. The zero-order valence-corrected chi connectivity index (χ0v) is 11.1. The van der Waals surface area contributed by atoms with Crippen LogP contribution in [0.15, 0.2) is 54.7 Å². The Labute approximate surface area is 104 Å². The molecule has 0 saturated carbocycles. The SMILES string of the molecule is C[Si](C)(C#Cc1ccccn1)c1ccccc1. The van der Waals surface area contributed by atoms with Crippen LogP contribution in [0, 0.1) is 11.5 Å². The molecule has 0 aliphatic carbocycles. The summed E-state index contributed by atoms with van der Waals surface area (Å²) in [5.74, 6) is 3.18. The molecule has 2 heteroatoms. The first-order chi connectivity index (χ1) is 8.18. The predicted octanol–water partition coefficient (Wildman–Crippen LogP) is 2.59. The molecule has 1 heterocycles. The van der Waals surface area contributed by atoms with E-state index in [1.165, 1.54) is 5.19 Å². The van der Waals surface area contributed by atoms with E-state index < -0.39 is 8.07 Å². The maximum atomic E-state index is 4.22. The fourth-order valence-corrected chi connectivity index (χ4v) is 3.19. The van der Waals surface area contributed by atoms with Crippen molar-refractivity contribution >= 4 is 13.3 Å². The molecule has 0 unspecified atom stereocenters. The van der Waals surface area contributed by atoms with Gasteiger partial charge < -0.3 is 0 Å². The molecule has 0 amide bonds. The number of rotatable bonds is 1. The van der Waals surface area contributed by atoms with Crippen molar-refractivity contribution in [2.24, 2.45) is 0 Å². The van der Waals surface area contributed by atoms with Crippen molar-refractivity contribution in [2.45, 2.75) is 13.1 Å². The first-order valence-corrected chi connectivity index (χ1v) is 8.68. The second-order valence-corrected chi connectivity index (χ2v) is 8.53. The molecule has 0 spiro atoms. The number of pyridine rings is 1. The van der Waals surface area contributed by atoms with Crippen LogP contribution in [0.2, 0.25) is 13.1 Å². The monoisotopic (exact) mass is 237 g/mol. The molecule has 0 fully saturated rings. The van der Waals surface area contributed by atoms with Crippen LogP contribution in [-0.4, -0.2) is 13.1 Å². The normalized spacial score (nSPS) is 10.5. The summed E-state index contributed by atoms with van der Waals surface area (Å²) in [5.41, 5.74) is 4.27. The molecule has 84 valence electrons. The van der Waals surface area contributed by atoms with Crippen LogP contribution in [0.4, 0.5) is 0 Å². The van der Waals surface area contributed by atoms with Crippen LogP contribution < -0.4 is 5.19 Å². The number of hydrogen-bond acceptors (Lipinski definition) is 1. The molecule has 0 aliphatic heterocycles. The standard InChI is InChI=1S/C15H15NSi/c1-17(2,15-9-4-3-5-10-15)13-11-14-8-6-7-12-16-14/h3-10,12H,1-2H3. The Balaban J connectivity index is 2.27. The number of hydrogen-bond donors (Lipinski definition) is 0. The lowest BCUT2D eigenvalue weighted by Gasteiger charge is -2.14. The molecule has 1 nitrogen and oxygen atoms in total. The zero-order valence-electron chi connectivity index (χ0n) is 10.1. The van der Waals surface area contributed by atoms with Gasteiger partial charge in [0.25, 0.3) is 0 Å².